The molecule has 0 radical (unpaired) electrons. The van der Waals surface area contributed by atoms with E-state index >= 15 is 0 Å². The number of thioether (sulfide) groups is 1. The Labute approximate surface area is 163 Å². The van der Waals surface area contributed by atoms with Crippen LogP contribution < -0.4 is 10.1 Å². The predicted molar refractivity (Wildman–Crippen MR) is 110 cm³/mol. The van der Waals surface area contributed by atoms with Crippen molar-refractivity contribution in [2.75, 3.05) is 18.2 Å². The number of aryl methyl sites for hydroxylation is 2. The van der Waals surface area contributed by atoms with Gasteiger partial charge in [0.15, 0.2) is 5.16 Å². The van der Waals surface area contributed by atoms with Gasteiger partial charge in [0.2, 0.25) is 5.91 Å². The third-order valence-corrected chi connectivity index (χ3v) is 5.38. The number of ether oxygens (including phenoxy) is 1. The number of carbonyl (C=O) groups is 1. The maximum Gasteiger partial charge on any atom is 0.234 e. The smallest absolute Gasteiger partial charge is 0.234 e. The van der Waals surface area contributed by atoms with E-state index in [1.165, 1.54) is 11.8 Å². The third kappa shape index (κ3) is 4.34. The number of imidazole rings is 1. The molecule has 1 heterocycles. The lowest BCUT2D eigenvalue weighted by Gasteiger charge is -2.13. The number of rotatable bonds is 6. The molecule has 5 nitrogen and oxygen atoms in total. The van der Waals surface area contributed by atoms with Gasteiger partial charge >= 0.3 is 0 Å². The zero-order valence-corrected chi connectivity index (χ0v) is 16.8. The van der Waals surface area contributed by atoms with E-state index in [4.69, 9.17) is 4.74 Å². The van der Waals surface area contributed by atoms with Crippen molar-refractivity contribution in [1.82, 2.24) is 9.55 Å². The standard InChI is InChI=1S/C21H23N3O2S/c1-14-8-9-19(26-4)18(12-14)24-11-10-22-21(24)27-13-20(25)23-17-7-5-6-15(2)16(17)3/h5-12H,13H2,1-4H3,(H,23,25). The molecular formula is C21H23N3O2S. The normalized spacial score (nSPS) is 10.7. The van der Waals surface area contributed by atoms with Gasteiger partial charge in [-0.3, -0.25) is 9.36 Å². The fourth-order valence-corrected chi connectivity index (χ4v) is 3.54. The van der Waals surface area contributed by atoms with Crippen LogP contribution >= 0.6 is 11.8 Å². The van der Waals surface area contributed by atoms with Crippen molar-refractivity contribution in [1.29, 1.82) is 0 Å². The van der Waals surface area contributed by atoms with Crippen LogP contribution in [0.15, 0.2) is 53.9 Å². The van der Waals surface area contributed by atoms with Crippen molar-refractivity contribution in [2.45, 2.75) is 25.9 Å². The Balaban J connectivity index is 1.73. The summed E-state index contributed by atoms with van der Waals surface area (Å²) < 4.78 is 7.42. The molecule has 0 unspecified atom stereocenters. The Hall–Kier alpha value is -2.73. The monoisotopic (exact) mass is 381 g/mol. The van der Waals surface area contributed by atoms with Gasteiger partial charge in [-0.2, -0.15) is 0 Å². The quantitative estimate of drug-likeness (QED) is 0.637. The second-order valence-corrected chi connectivity index (χ2v) is 7.28. The predicted octanol–water partition coefficient (Wildman–Crippen LogP) is 4.54. The molecule has 1 amide bonds. The fraction of sp³-hybridized carbons (Fsp3) is 0.238. The van der Waals surface area contributed by atoms with Gasteiger partial charge in [0.05, 0.1) is 18.6 Å². The highest BCUT2D eigenvalue weighted by molar-refractivity contribution is 7.99. The molecular weight excluding hydrogens is 358 g/mol. The van der Waals surface area contributed by atoms with Crippen molar-refractivity contribution < 1.29 is 9.53 Å². The van der Waals surface area contributed by atoms with Crippen molar-refractivity contribution >= 4 is 23.4 Å². The van der Waals surface area contributed by atoms with Gasteiger partial charge < -0.3 is 10.1 Å². The highest BCUT2D eigenvalue weighted by Gasteiger charge is 2.13. The number of nitrogens with zero attached hydrogens (tertiary/aromatic N) is 2. The first kappa shape index (κ1) is 19.0. The zero-order valence-electron chi connectivity index (χ0n) is 15.9. The number of anilines is 1. The lowest BCUT2D eigenvalue weighted by molar-refractivity contribution is -0.113. The van der Waals surface area contributed by atoms with Gasteiger partial charge in [0.1, 0.15) is 5.75 Å². The van der Waals surface area contributed by atoms with Crippen molar-refractivity contribution in [2.24, 2.45) is 0 Å². The molecule has 0 bridgehead atoms. The minimum atomic E-state index is -0.0561. The Bertz CT molecular complexity index is 966. The maximum absolute atomic E-state index is 12.4. The molecule has 0 aliphatic heterocycles. The molecule has 3 aromatic rings. The summed E-state index contributed by atoms with van der Waals surface area (Å²) in [6.45, 7) is 6.07. The van der Waals surface area contributed by atoms with Crippen LogP contribution in [0.3, 0.4) is 0 Å². The van der Waals surface area contributed by atoms with E-state index in [0.29, 0.717) is 0 Å². The van der Waals surface area contributed by atoms with Crippen LogP contribution in [0.1, 0.15) is 16.7 Å². The van der Waals surface area contributed by atoms with E-state index in [1.807, 2.05) is 67.9 Å². The summed E-state index contributed by atoms with van der Waals surface area (Å²) in [6, 6.07) is 11.9. The first-order valence-corrected chi connectivity index (χ1v) is 9.65. The number of benzene rings is 2. The summed E-state index contributed by atoms with van der Waals surface area (Å²) in [7, 11) is 1.65. The molecule has 27 heavy (non-hydrogen) atoms. The molecule has 0 saturated heterocycles. The van der Waals surface area contributed by atoms with Gasteiger partial charge in [-0.15, -0.1) is 0 Å². The van der Waals surface area contributed by atoms with Crippen LogP contribution in [0.2, 0.25) is 0 Å². The van der Waals surface area contributed by atoms with E-state index in [9.17, 15) is 4.79 Å². The summed E-state index contributed by atoms with van der Waals surface area (Å²) in [5.41, 5.74) is 5.13. The van der Waals surface area contributed by atoms with Crippen molar-refractivity contribution in [3.63, 3.8) is 0 Å². The number of carbonyl (C=O) groups excluding carboxylic acids is 1. The van der Waals surface area contributed by atoms with E-state index in [2.05, 4.69) is 10.3 Å². The average molecular weight is 382 g/mol. The van der Waals surface area contributed by atoms with Crippen LogP contribution in [-0.2, 0) is 4.79 Å². The summed E-state index contributed by atoms with van der Waals surface area (Å²) >= 11 is 1.40. The number of nitrogens with one attached hydrogen (secondary N) is 1. The molecule has 6 heteroatoms. The molecule has 0 aliphatic carbocycles. The number of methoxy groups -OCH3 is 1. The van der Waals surface area contributed by atoms with Gasteiger partial charge in [0.25, 0.3) is 0 Å². The Morgan fingerprint density at radius 2 is 2.04 bits per heavy atom. The van der Waals surface area contributed by atoms with Gasteiger partial charge in [-0.05, 0) is 55.7 Å². The highest BCUT2D eigenvalue weighted by atomic mass is 32.2. The first-order chi connectivity index (χ1) is 13.0. The molecule has 0 saturated carbocycles. The fourth-order valence-electron chi connectivity index (χ4n) is 2.77. The van der Waals surface area contributed by atoms with Crippen molar-refractivity contribution in [3.8, 4) is 11.4 Å². The van der Waals surface area contributed by atoms with Gasteiger partial charge in [-0.25, -0.2) is 4.98 Å². The van der Waals surface area contributed by atoms with Crippen LogP contribution in [0.25, 0.3) is 5.69 Å². The summed E-state index contributed by atoms with van der Waals surface area (Å²) in [5.74, 6) is 0.984. The van der Waals surface area contributed by atoms with Crippen LogP contribution in [-0.4, -0.2) is 28.3 Å². The molecule has 3 rings (SSSR count). The van der Waals surface area contributed by atoms with E-state index < -0.39 is 0 Å². The molecule has 0 aliphatic rings. The van der Waals surface area contributed by atoms with E-state index in [0.717, 1.165) is 39.0 Å². The van der Waals surface area contributed by atoms with Crippen LogP contribution in [0, 0.1) is 20.8 Å². The molecule has 1 N–H and O–H groups in total. The Morgan fingerprint density at radius 1 is 1.22 bits per heavy atom. The van der Waals surface area contributed by atoms with Crippen molar-refractivity contribution in [3.05, 3.63) is 65.5 Å². The summed E-state index contributed by atoms with van der Waals surface area (Å²) in [6.07, 6.45) is 3.61. The molecule has 2 aromatic carbocycles. The van der Waals surface area contributed by atoms with Gasteiger partial charge in [0, 0.05) is 18.1 Å². The molecule has 140 valence electrons. The number of aromatic nitrogens is 2. The molecule has 0 fully saturated rings. The third-order valence-electron chi connectivity index (χ3n) is 4.41. The number of hydrogen-bond acceptors (Lipinski definition) is 4. The molecule has 0 atom stereocenters. The number of hydrogen-bond donors (Lipinski definition) is 1. The van der Waals surface area contributed by atoms with Crippen LogP contribution in [0.4, 0.5) is 5.69 Å². The minimum absolute atomic E-state index is 0.0561. The van der Waals surface area contributed by atoms with E-state index in [1.54, 1.807) is 13.3 Å². The second kappa shape index (κ2) is 8.31. The number of amides is 1. The largest absolute Gasteiger partial charge is 0.495 e. The van der Waals surface area contributed by atoms with Gasteiger partial charge in [-0.1, -0.05) is 30.0 Å². The molecule has 0 spiro atoms. The topological polar surface area (TPSA) is 56.2 Å². The Morgan fingerprint density at radius 3 is 2.81 bits per heavy atom. The molecule has 1 aromatic heterocycles. The summed E-state index contributed by atoms with van der Waals surface area (Å²) in [4.78, 5) is 16.8. The maximum atomic E-state index is 12.4. The minimum Gasteiger partial charge on any atom is -0.495 e. The average Bonchev–Trinajstić information content (AvgIpc) is 3.12. The first-order valence-electron chi connectivity index (χ1n) is 8.67. The SMILES string of the molecule is COc1ccc(C)cc1-n1ccnc1SCC(=O)Nc1cccc(C)c1C. The second-order valence-electron chi connectivity index (χ2n) is 6.34. The Kier molecular flexibility index (Phi) is 5.86. The lowest BCUT2D eigenvalue weighted by atomic mass is 10.1. The lowest BCUT2D eigenvalue weighted by Crippen LogP contribution is -2.15. The summed E-state index contributed by atoms with van der Waals surface area (Å²) in [5, 5.41) is 3.73. The van der Waals surface area contributed by atoms with E-state index in [-0.39, 0.29) is 11.7 Å². The van der Waals surface area contributed by atoms with Crippen LogP contribution in [0.5, 0.6) is 5.75 Å². The highest BCUT2D eigenvalue weighted by Crippen LogP contribution is 2.28. The zero-order chi connectivity index (χ0) is 19.4.